The van der Waals surface area contributed by atoms with Gasteiger partial charge in [0.1, 0.15) is 24.2 Å². The number of aliphatic imine (C=N–C) groups is 2. The predicted octanol–water partition coefficient (Wildman–Crippen LogP) is -4.73. The number of benzene rings is 3. The SMILES string of the molecule is COc1ccc(C[C@@H](NC(=O)C[Se]c2ccc(O)cc2)C(=O)N[C@@H](Cc2ccccc2)C(=O)N[C@@H](CCC(N)=O)C(=O)N[C@@H](CC(N)=O)C(=O)N[C@@H](CCCN=C(N)N)C(=O)N2CCC[C@H]2C(=O)N[C@@H](CCCN=C(N)N)C(N)=O)cc1. The quantitative estimate of drug-likeness (QED) is 0.0116. The van der Waals surface area contributed by atoms with Crippen LogP contribution in [0.15, 0.2) is 88.8 Å². The van der Waals surface area contributed by atoms with Crippen LogP contribution in [0.3, 0.4) is 0 Å². The molecule has 7 atom stereocenters. The Hall–Kier alpha value is -8.98. The number of amides is 10. The molecule has 29 heteroatoms. The molecule has 21 N–H and O–H groups in total. The first kappa shape index (κ1) is 65.5. The Kier molecular flexibility index (Phi) is 26.8. The van der Waals surface area contributed by atoms with Crippen LogP contribution in [-0.4, -0.2) is 165 Å². The summed E-state index contributed by atoms with van der Waals surface area (Å²) < 4.78 is 6.09. The van der Waals surface area contributed by atoms with Crippen LogP contribution < -0.4 is 81.2 Å². The Bertz CT molecular complexity index is 2750. The van der Waals surface area contributed by atoms with Gasteiger partial charge in [-0.3, -0.25) is 38.8 Å². The monoisotopic (exact) mass is 1210 g/mol. The van der Waals surface area contributed by atoms with Crippen molar-refractivity contribution in [2.24, 2.45) is 50.1 Å². The second-order valence-corrected chi connectivity index (χ2v) is 21.3. The van der Waals surface area contributed by atoms with E-state index < -0.39 is 136 Å². The number of hydrogen-bond acceptors (Lipinski definition) is 14. The molecule has 0 spiro atoms. The van der Waals surface area contributed by atoms with Gasteiger partial charge >= 0.3 is 251 Å². The van der Waals surface area contributed by atoms with Gasteiger partial charge < -0.3 is 55.7 Å². The zero-order valence-electron chi connectivity index (χ0n) is 45.4. The van der Waals surface area contributed by atoms with Gasteiger partial charge in [0.15, 0.2) is 11.9 Å². The van der Waals surface area contributed by atoms with Crippen LogP contribution >= 0.6 is 0 Å². The maximum absolute atomic E-state index is 14.5. The fourth-order valence-corrected chi connectivity index (χ4v) is 10.1. The Morgan fingerprint density at radius 3 is 1.70 bits per heavy atom. The first-order chi connectivity index (χ1) is 39.0. The molecule has 0 aromatic heterocycles. The van der Waals surface area contributed by atoms with E-state index in [0.29, 0.717) is 23.3 Å². The molecule has 444 valence electrons. The number of methoxy groups -OCH3 is 1. The van der Waals surface area contributed by atoms with E-state index >= 15 is 0 Å². The van der Waals surface area contributed by atoms with Gasteiger partial charge in [0, 0.05) is 19.6 Å². The minimum absolute atomic E-state index is 0.00112. The molecular formula is C53H74N16O12Se. The summed E-state index contributed by atoms with van der Waals surface area (Å²) in [5.41, 5.74) is 39.6. The van der Waals surface area contributed by atoms with Gasteiger partial charge in [0.05, 0.1) is 6.42 Å². The number of ether oxygens (including phenoxy) is 1. The number of carbonyl (C=O) groups is 10. The molecule has 1 saturated heterocycles. The molecule has 1 aliphatic heterocycles. The van der Waals surface area contributed by atoms with E-state index in [9.17, 15) is 53.1 Å². The molecule has 0 unspecified atom stereocenters. The van der Waals surface area contributed by atoms with E-state index in [0.717, 1.165) is 4.46 Å². The van der Waals surface area contributed by atoms with Crippen molar-refractivity contribution in [3.63, 3.8) is 0 Å². The Morgan fingerprint density at radius 2 is 1.13 bits per heavy atom. The molecule has 3 aromatic carbocycles. The average molecular weight is 1210 g/mol. The summed E-state index contributed by atoms with van der Waals surface area (Å²) in [4.78, 5) is 145. The zero-order valence-corrected chi connectivity index (χ0v) is 47.1. The molecule has 1 aliphatic rings. The fourth-order valence-electron chi connectivity index (χ4n) is 8.57. The second kappa shape index (κ2) is 33.6. The Balaban J connectivity index is 1.60. The van der Waals surface area contributed by atoms with Crippen molar-refractivity contribution in [3.05, 3.63) is 90.0 Å². The minimum atomic E-state index is -1.81. The van der Waals surface area contributed by atoms with E-state index in [4.69, 9.17) is 44.9 Å². The number of phenolic OH excluding ortho intramolecular Hbond substituents is 1. The van der Waals surface area contributed by atoms with Crippen molar-refractivity contribution in [2.45, 2.75) is 118 Å². The summed E-state index contributed by atoms with van der Waals surface area (Å²) in [7, 11) is 1.49. The number of carbonyl (C=O) groups excluding carboxylic acids is 10. The molecule has 82 heavy (non-hydrogen) atoms. The molecule has 1 heterocycles. The molecule has 1 fully saturated rings. The van der Waals surface area contributed by atoms with Gasteiger partial charge in [-0.2, -0.15) is 0 Å². The number of nitrogens with one attached hydrogen (secondary N) is 6. The van der Waals surface area contributed by atoms with Gasteiger partial charge in [0.2, 0.25) is 35.4 Å². The van der Waals surface area contributed by atoms with Gasteiger partial charge in [0.25, 0.3) is 0 Å². The summed E-state index contributed by atoms with van der Waals surface area (Å²) in [6.45, 7) is 0.203. The number of primary amides is 3. The Labute approximate surface area is 479 Å². The van der Waals surface area contributed by atoms with Crippen LogP contribution in [0.5, 0.6) is 11.5 Å². The summed E-state index contributed by atoms with van der Waals surface area (Å²) >= 11 is -0.393. The van der Waals surface area contributed by atoms with Gasteiger partial charge in [-0.1, -0.05) is 0 Å². The molecule has 0 bridgehead atoms. The van der Waals surface area contributed by atoms with Crippen LogP contribution in [0.1, 0.15) is 68.9 Å². The summed E-state index contributed by atoms with van der Waals surface area (Å²) in [6.07, 6.45) is -1.08. The molecule has 0 saturated carbocycles. The molecule has 3 aromatic rings. The summed E-state index contributed by atoms with van der Waals surface area (Å²) in [5.74, 6) is -8.44. The van der Waals surface area contributed by atoms with E-state index in [1.54, 1.807) is 66.7 Å². The van der Waals surface area contributed by atoms with Crippen molar-refractivity contribution in [2.75, 3.05) is 26.7 Å². The van der Waals surface area contributed by atoms with E-state index in [2.05, 4.69) is 41.9 Å². The third-order valence-corrected chi connectivity index (χ3v) is 14.9. The fraction of sp³-hybridized carbons (Fsp3) is 0.434. The van der Waals surface area contributed by atoms with E-state index in [1.165, 1.54) is 24.1 Å². The number of rotatable bonds is 34. The number of aromatic hydroxyl groups is 1. The van der Waals surface area contributed by atoms with Crippen molar-refractivity contribution in [1.29, 1.82) is 0 Å². The zero-order chi connectivity index (χ0) is 60.3. The third kappa shape index (κ3) is 23.0. The van der Waals surface area contributed by atoms with E-state index in [1.807, 2.05) is 0 Å². The van der Waals surface area contributed by atoms with Gasteiger partial charge in [-0.25, -0.2) is 0 Å². The number of guanidine groups is 2. The molecule has 28 nitrogen and oxygen atoms in total. The first-order valence-corrected chi connectivity index (χ1v) is 28.3. The Morgan fingerprint density at radius 1 is 0.610 bits per heavy atom. The van der Waals surface area contributed by atoms with Crippen molar-refractivity contribution < 1.29 is 57.8 Å². The topological polar surface area (TPSA) is 482 Å². The maximum atomic E-state index is 14.5. The first-order valence-electron chi connectivity index (χ1n) is 26.2. The van der Waals surface area contributed by atoms with Gasteiger partial charge in [-0.15, -0.1) is 0 Å². The number of nitrogens with zero attached hydrogens (tertiary/aromatic N) is 3. The third-order valence-electron chi connectivity index (χ3n) is 12.7. The number of likely N-dealkylation sites (tertiary alicyclic amines) is 1. The number of nitrogens with two attached hydrogens (primary N) is 7. The van der Waals surface area contributed by atoms with Crippen molar-refractivity contribution in [1.82, 2.24) is 36.8 Å². The van der Waals surface area contributed by atoms with E-state index in [-0.39, 0.29) is 87.6 Å². The molecule has 0 radical (unpaired) electrons. The number of hydrogen-bond donors (Lipinski definition) is 14. The van der Waals surface area contributed by atoms with Crippen LogP contribution in [0, 0.1) is 0 Å². The van der Waals surface area contributed by atoms with Crippen LogP contribution in [0.25, 0.3) is 0 Å². The predicted molar refractivity (Wildman–Crippen MR) is 303 cm³/mol. The number of phenols is 1. The summed E-state index contributed by atoms with van der Waals surface area (Å²) in [6, 6.07) is 11.8. The average Bonchev–Trinajstić information content (AvgIpc) is 4.05. The molecule has 0 aliphatic carbocycles. The second-order valence-electron chi connectivity index (χ2n) is 19.1. The van der Waals surface area contributed by atoms with Crippen LogP contribution in [-0.2, 0) is 60.8 Å². The molecule has 10 amide bonds. The summed E-state index contributed by atoms with van der Waals surface area (Å²) in [5, 5.41) is 25.4. The molecule has 4 rings (SSSR count). The standard InChI is InChI=1S/C53H74N16O12Se/c1-81-33-17-13-31(14-18-33)27-38(63-44(73)29-82-34-19-15-32(70)16-20-34)47(76)67-39(26-30-8-3-2-4-9-30)48(77)65-36(21-22-42(54)71)46(75)68-40(28-43(55)72)49(78)66-37(11-6-24-62-53(59)60)51(80)69-25-7-12-41(69)50(79)64-35(45(56)74)10-5-23-61-52(57)58/h2-4,8-9,13-20,35-41,70H,5-7,10-12,21-29H2,1H3,(H2,54,71)(H2,55,72)(H2,56,74)(H,63,73)(H,64,79)(H,65,77)(H,66,78)(H,67,76)(H,68,75)(H4,57,58,61)(H4,59,60,62)/t35-,36-,37-,38+,39-,40-,41-/m0/s1. The van der Waals surface area contributed by atoms with Crippen LogP contribution in [0.2, 0.25) is 5.32 Å². The van der Waals surface area contributed by atoms with Crippen molar-refractivity contribution >= 4 is 90.4 Å². The van der Waals surface area contributed by atoms with Crippen molar-refractivity contribution in [3.8, 4) is 11.5 Å². The molecular weight excluding hydrogens is 1130 g/mol. The normalized spacial score (nSPS) is 14.8. The van der Waals surface area contributed by atoms with Crippen LogP contribution in [0.4, 0.5) is 0 Å². The van der Waals surface area contributed by atoms with Gasteiger partial charge in [-0.05, 0) is 38.5 Å².